The summed E-state index contributed by atoms with van der Waals surface area (Å²) in [6.07, 6.45) is 7.81. The largest absolute Gasteiger partial charge is 0.354 e. The van der Waals surface area contributed by atoms with Crippen molar-refractivity contribution in [1.82, 2.24) is 19.5 Å². The number of aryl methyl sites for hydroxylation is 1. The predicted octanol–water partition coefficient (Wildman–Crippen LogP) is 3.53. The Morgan fingerprint density at radius 1 is 1.24 bits per heavy atom. The second kappa shape index (κ2) is 9.03. The lowest BCUT2D eigenvalue weighted by atomic mass is 10.0. The molecule has 1 saturated carbocycles. The van der Waals surface area contributed by atoms with Gasteiger partial charge in [0.1, 0.15) is 6.54 Å². The average Bonchev–Trinajstić information content (AvgIpc) is 3.02. The highest BCUT2D eigenvalue weighted by atomic mass is 32.2. The van der Waals surface area contributed by atoms with Crippen LogP contribution in [0.1, 0.15) is 44.2 Å². The second-order valence-corrected chi connectivity index (χ2v) is 9.19. The molecule has 2 aromatic heterocycles. The van der Waals surface area contributed by atoms with E-state index in [1.165, 1.54) is 38.2 Å². The van der Waals surface area contributed by atoms with Crippen LogP contribution in [0.3, 0.4) is 0 Å². The summed E-state index contributed by atoms with van der Waals surface area (Å²) in [5.74, 6) is 1.08. The van der Waals surface area contributed by atoms with Gasteiger partial charge in [0.2, 0.25) is 5.91 Å². The van der Waals surface area contributed by atoms with Gasteiger partial charge in [0.25, 0.3) is 5.56 Å². The van der Waals surface area contributed by atoms with Crippen molar-refractivity contribution in [2.75, 3.05) is 12.3 Å². The van der Waals surface area contributed by atoms with E-state index in [-0.39, 0.29) is 18.0 Å². The monoisotopic (exact) mass is 412 g/mol. The van der Waals surface area contributed by atoms with Crippen molar-refractivity contribution in [3.05, 3.63) is 46.4 Å². The highest BCUT2D eigenvalue weighted by Gasteiger charge is 2.16. The molecular formula is C22H28N4O2S. The molecule has 0 atom stereocenters. The number of fused-ring (bicyclic) bond motifs is 3. The zero-order valence-electron chi connectivity index (χ0n) is 16.9. The molecule has 29 heavy (non-hydrogen) atoms. The SMILES string of the molecule is Cc1cc(=O)nc2c3ccccc3n(CC(=O)NCCCSC3CCCCC3)n12. The number of carbonyl (C=O) groups excluding carboxylic acids is 1. The maximum Gasteiger partial charge on any atom is 0.273 e. The van der Waals surface area contributed by atoms with Crippen molar-refractivity contribution in [3.8, 4) is 0 Å². The van der Waals surface area contributed by atoms with Crippen molar-refractivity contribution in [2.45, 2.75) is 57.2 Å². The fourth-order valence-corrected chi connectivity index (χ4v) is 5.51. The molecule has 1 aliphatic rings. The van der Waals surface area contributed by atoms with Gasteiger partial charge in [-0.3, -0.25) is 14.3 Å². The molecule has 1 aliphatic carbocycles. The summed E-state index contributed by atoms with van der Waals surface area (Å²) in [4.78, 5) is 28.7. The first-order valence-corrected chi connectivity index (χ1v) is 11.5. The number of benzene rings is 1. The molecule has 1 aromatic carbocycles. The van der Waals surface area contributed by atoms with Gasteiger partial charge in [-0.1, -0.05) is 31.4 Å². The highest BCUT2D eigenvalue weighted by Crippen LogP contribution is 2.28. The van der Waals surface area contributed by atoms with E-state index >= 15 is 0 Å². The van der Waals surface area contributed by atoms with Gasteiger partial charge in [0, 0.05) is 28.9 Å². The number of hydrogen-bond acceptors (Lipinski definition) is 4. The maximum absolute atomic E-state index is 12.6. The number of carbonyl (C=O) groups is 1. The van der Waals surface area contributed by atoms with Crippen LogP contribution in [0.5, 0.6) is 0 Å². The van der Waals surface area contributed by atoms with Crippen LogP contribution in [0.4, 0.5) is 0 Å². The Hall–Kier alpha value is -2.28. The minimum atomic E-state index is -0.259. The molecule has 0 radical (unpaired) electrons. The molecule has 0 spiro atoms. The lowest BCUT2D eigenvalue weighted by Gasteiger charge is -2.20. The normalized spacial score (nSPS) is 15.2. The van der Waals surface area contributed by atoms with Crippen LogP contribution < -0.4 is 10.9 Å². The summed E-state index contributed by atoms with van der Waals surface area (Å²) in [6.45, 7) is 2.76. The number of para-hydroxylation sites is 1. The van der Waals surface area contributed by atoms with Crippen molar-refractivity contribution < 1.29 is 4.79 Å². The van der Waals surface area contributed by atoms with Crippen molar-refractivity contribution in [3.63, 3.8) is 0 Å². The zero-order valence-corrected chi connectivity index (χ0v) is 17.7. The van der Waals surface area contributed by atoms with E-state index in [2.05, 4.69) is 22.1 Å². The molecule has 7 heteroatoms. The van der Waals surface area contributed by atoms with Gasteiger partial charge in [0.15, 0.2) is 5.65 Å². The first-order chi connectivity index (χ1) is 14.1. The van der Waals surface area contributed by atoms with Gasteiger partial charge >= 0.3 is 0 Å². The second-order valence-electron chi connectivity index (χ2n) is 7.78. The van der Waals surface area contributed by atoms with Crippen LogP contribution in [0.25, 0.3) is 16.6 Å². The number of aromatic nitrogens is 3. The van der Waals surface area contributed by atoms with Crippen molar-refractivity contribution >= 4 is 34.2 Å². The topological polar surface area (TPSA) is 68.4 Å². The molecule has 0 unspecified atom stereocenters. The summed E-state index contributed by atoms with van der Waals surface area (Å²) in [5, 5.41) is 4.74. The van der Waals surface area contributed by atoms with Crippen LogP contribution in [0.2, 0.25) is 0 Å². The summed E-state index contributed by atoms with van der Waals surface area (Å²) in [6, 6.07) is 9.26. The Morgan fingerprint density at radius 2 is 2.03 bits per heavy atom. The molecule has 1 amide bonds. The van der Waals surface area contributed by atoms with E-state index in [1.54, 1.807) is 0 Å². The Labute approximate surface area is 174 Å². The smallest absolute Gasteiger partial charge is 0.273 e. The van der Waals surface area contributed by atoms with Gasteiger partial charge in [0.05, 0.1) is 5.52 Å². The minimum absolute atomic E-state index is 0.0200. The number of nitrogens with one attached hydrogen (secondary N) is 1. The molecule has 154 valence electrons. The van der Waals surface area contributed by atoms with E-state index in [4.69, 9.17) is 0 Å². The molecule has 0 saturated heterocycles. The molecule has 6 nitrogen and oxygen atoms in total. The van der Waals surface area contributed by atoms with E-state index in [9.17, 15) is 9.59 Å². The Kier molecular flexibility index (Phi) is 6.23. The fraction of sp³-hybridized carbons (Fsp3) is 0.500. The molecule has 1 N–H and O–H groups in total. The Bertz CT molecular complexity index is 1070. The highest BCUT2D eigenvalue weighted by molar-refractivity contribution is 7.99. The molecule has 3 aromatic rings. The van der Waals surface area contributed by atoms with Crippen LogP contribution in [0.15, 0.2) is 35.1 Å². The van der Waals surface area contributed by atoms with Gasteiger partial charge in [-0.05, 0) is 44.1 Å². The standard InChI is InChI=1S/C22H28N4O2S/c1-16-14-20(27)24-22-18-10-5-6-11-19(18)25(26(16)22)15-21(28)23-12-7-13-29-17-8-3-2-4-9-17/h5-6,10-11,14,17H,2-4,7-9,12-13,15H2,1H3,(H,23,28). The van der Waals surface area contributed by atoms with Crippen molar-refractivity contribution in [1.29, 1.82) is 0 Å². The number of nitrogens with zero attached hydrogens (tertiary/aromatic N) is 3. The zero-order chi connectivity index (χ0) is 20.2. The Balaban J connectivity index is 1.40. The lowest BCUT2D eigenvalue weighted by molar-refractivity contribution is -0.121. The van der Waals surface area contributed by atoms with Gasteiger partial charge < -0.3 is 5.32 Å². The third kappa shape index (κ3) is 4.50. The van der Waals surface area contributed by atoms with Crippen molar-refractivity contribution in [2.24, 2.45) is 0 Å². The quantitative estimate of drug-likeness (QED) is 0.603. The number of rotatable bonds is 7. The molecule has 2 heterocycles. The van der Waals surface area contributed by atoms with Crippen LogP contribution in [-0.2, 0) is 11.3 Å². The molecule has 0 bridgehead atoms. The van der Waals surface area contributed by atoms with Gasteiger partial charge in [-0.2, -0.15) is 16.7 Å². The Morgan fingerprint density at radius 3 is 2.86 bits per heavy atom. The van der Waals surface area contributed by atoms with E-state index in [0.29, 0.717) is 12.2 Å². The first kappa shape index (κ1) is 20.0. The predicted molar refractivity (Wildman–Crippen MR) is 119 cm³/mol. The van der Waals surface area contributed by atoms with E-state index < -0.39 is 0 Å². The third-order valence-corrected chi connectivity index (χ3v) is 7.06. The summed E-state index contributed by atoms with van der Waals surface area (Å²) in [7, 11) is 0. The minimum Gasteiger partial charge on any atom is -0.354 e. The number of hydrogen-bond donors (Lipinski definition) is 1. The molecule has 4 rings (SSSR count). The summed E-state index contributed by atoms with van der Waals surface area (Å²) >= 11 is 2.06. The lowest BCUT2D eigenvalue weighted by Crippen LogP contribution is -2.30. The third-order valence-electron chi connectivity index (χ3n) is 5.59. The molecule has 0 aliphatic heterocycles. The summed E-state index contributed by atoms with van der Waals surface area (Å²) in [5.41, 5.74) is 2.01. The van der Waals surface area contributed by atoms with Crippen LogP contribution >= 0.6 is 11.8 Å². The summed E-state index contributed by atoms with van der Waals surface area (Å²) < 4.78 is 3.77. The molecular weight excluding hydrogens is 384 g/mol. The molecule has 1 fully saturated rings. The van der Waals surface area contributed by atoms with Crippen LogP contribution in [0, 0.1) is 6.92 Å². The van der Waals surface area contributed by atoms with Gasteiger partial charge in [-0.25, -0.2) is 4.52 Å². The first-order valence-electron chi connectivity index (χ1n) is 10.5. The number of amides is 1. The fourth-order valence-electron chi connectivity index (χ4n) is 4.20. The van der Waals surface area contributed by atoms with E-state index in [0.717, 1.165) is 34.0 Å². The number of thioether (sulfide) groups is 1. The van der Waals surface area contributed by atoms with E-state index in [1.807, 2.05) is 40.4 Å². The average molecular weight is 413 g/mol. The van der Waals surface area contributed by atoms with Crippen LogP contribution in [-0.4, -0.2) is 37.6 Å². The maximum atomic E-state index is 12.6. The van der Waals surface area contributed by atoms with Gasteiger partial charge in [-0.15, -0.1) is 0 Å².